The van der Waals surface area contributed by atoms with Gasteiger partial charge >= 0.3 is 0 Å². The second-order valence-corrected chi connectivity index (χ2v) is 8.98. The van der Waals surface area contributed by atoms with Gasteiger partial charge in [-0.3, -0.25) is 4.79 Å². The first-order valence-corrected chi connectivity index (χ1v) is 10.5. The smallest absolute Gasteiger partial charge is 0.252 e. The van der Waals surface area contributed by atoms with Crippen LogP contribution in [0, 0.1) is 5.82 Å². The number of benzene rings is 2. The lowest BCUT2D eigenvalue weighted by Gasteiger charge is -2.18. The predicted octanol–water partition coefficient (Wildman–Crippen LogP) is 3.47. The van der Waals surface area contributed by atoms with Crippen molar-refractivity contribution in [1.29, 1.82) is 0 Å². The molecule has 0 spiro atoms. The molecule has 0 aliphatic heterocycles. The summed E-state index contributed by atoms with van der Waals surface area (Å²) in [6, 6.07) is 11.0. The van der Waals surface area contributed by atoms with Gasteiger partial charge in [-0.2, -0.15) is 0 Å². The van der Waals surface area contributed by atoms with Gasteiger partial charge in [-0.1, -0.05) is 34.1 Å². The first-order chi connectivity index (χ1) is 12.8. The topological polar surface area (TPSA) is 75.3 Å². The van der Waals surface area contributed by atoms with Gasteiger partial charge in [0.25, 0.3) is 5.91 Å². The maximum absolute atomic E-state index is 14.0. The molecule has 0 radical (unpaired) electrons. The highest BCUT2D eigenvalue weighted by Gasteiger charge is 2.45. The number of amides is 1. The van der Waals surface area contributed by atoms with E-state index in [-0.39, 0.29) is 12.1 Å². The maximum atomic E-state index is 14.0. The zero-order valence-electron chi connectivity index (χ0n) is 14.3. The Balaban J connectivity index is 1.84. The van der Waals surface area contributed by atoms with Crippen LogP contribution in [0.15, 0.2) is 64.5 Å². The highest BCUT2D eigenvalue weighted by atomic mass is 79.9. The molecule has 0 bridgehead atoms. The number of rotatable bonds is 7. The lowest BCUT2D eigenvalue weighted by Crippen LogP contribution is -2.35. The van der Waals surface area contributed by atoms with Crippen molar-refractivity contribution in [2.45, 2.75) is 23.3 Å². The van der Waals surface area contributed by atoms with Crippen LogP contribution in [0.3, 0.4) is 0 Å². The molecule has 1 saturated carbocycles. The molecule has 2 aromatic carbocycles. The summed E-state index contributed by atoms with van der Waals surface area (Å²) in [5.41, 5.74) is 0.590. The fraction of sp³-hybridized carbons (Fsp3) is 0.211. The van der Waals surface area contributed by atoms with E-state index in [9.17, 15) is 17.6 Å². The fourth-order valence-corrected chi connectivity index (χ4v) is 4.13. The van der Waals surface area contributed by atoms with Gasteiger partial charge in [0.1, 0.15) is 10.7 Å². The van der Waals surface area contributed by atoms with Crippen LogP contribution in [-0.2, 0) is 15.6 Å². The summed E-state index contributed by atoms with van der Waals surface area (Å²) in [7, 11) is -4.08. The molecule has 0 unspecified atom stereocenters. The lowest BCUT2D eigenvalue weighted by molar-refractivity contribution is 0.0930. The monoisotopic (exact) mass is 452 g/mol. The van der Waals surface area contributed by atoms with E-state index >= 15 is 0 Å². The van der Waals surface area contributed by atoms with Gasteiger partial charge in [-0.25, -0.2) is 17.5 Å². The summed E-state index contributed by atoms with van der Waals surface area (Å²) in [5, 5.41) is 2.95. The van der Waals surface area contributed by atoms with Crippen LogP contribution >= 0.6 is 15.9 Å². The molecule has 5 nitrogen and oxygen atoms in total. The van der Waals surface area contributed by atoms with E-state index in [1.807, 2.05) is 24.3 Å². The van der Waals surface area contributed by atoms with Crippen LogP contribution in [-0.4, -0.2) is 20.9 Å². The van der Waals surface area contributed by atoms with Crippen molar-refractivity contribution in [3.63, 3.8) is 0 Å². The third-order valence-electron chi connectivity index (χ3n) is 4.40. The Morgan fingerprint density at radius 1 is 1.22 bits per heavy atom. The average Bonchev–Trinajstić information content (AvgIpc) is 3.41. The summed E-state index contributed by atoms with van der Waals surface area (Å²) in [6.45, 7) is 3.38. The molecule has 0 saturated heterocycles. The van der Waals surface area contributed by atoms with E-state index in [2.05, 4.69) is 32.5 Å². The van der Waals surface area contributed by atoms with Crippen LogP contribution in [0.2, 0.25) is 0 Å². The second-order valence-electron chi connectivity index (χ2n) is 6.33. The van der Waals surface area contributed by atoms with Crippen LogP contribution < -0.4 is 10.0 Å². The minimum absolute atomic E-state index is 0.0368. The van der Waals surface area contributed by atoms with E-state index in [0.717, 1.165) is 35.0 Å². The van der Waals surface area contributed by atoms with E-state index < -0.39 is 32.2 Å². The Labute approximate surface area is 165 Å². The normalized spacial score (nSPS) is 15.2. The van der Waals surface area contributed by atoms with Crippen LogP contribution in [0.1, 0.15) is 28.8 Å². The maximum Gasteiger partial charge on any atom is 0.252 e. The number of sulfonamides is 1. The third kappa shape index (κ3) is 4.28. The Hall–Kier alpha value is -2.03. The molecule has 1 amide bonds. The predicted molar refractivity (Wildman–Crippen MR) is 104 cm³/mol. The van der Waals surface area contributed by atoms with Gasteiger partial charge in [0.2, 0.25) is 10.0 Å². The lowest BCUT2D eigenvalue weighted by atomic mass is 10.0. The van der Waals surface area contributed by atoms with E-state index in [1.54, 1.807) is 0 Å². The van der Waals surface area contributed by atoms with Crippen molar-refractivity contribution < 1.29 is 17.6 Å². The van der Waals surface area contributed by atoms with Crippen LogP contribution in [0.25, 0.3) is 0 Å². The zero-order chi connectivity index (χ0) is 19.7. The summed E-state index contributed by atoms with van der Waals surface area (Å²) in [5.74, 6) is -1.37. The summed E-state index contributed by atoms with van der Waals surface area (Å²) in [6.07, 6.45) is 2.92. The zero-order valence-corrected chi connectivity index (χ0v) is 16.7. The van der Waals surface area contributed by atoms with Crippen molar-refractivity contribution in [2.24, 2.45) is 0 Å². The van der Waals surface area contributed by atoms with Crippen molar-refractivity contribution in [2.75, 3.05) is 6.54 Å². The minimum atomic E-state index is -4.08. The molecule has 27 heavy (non-hydrogen) atoms. The Kier molecular flexibility index (Phi) is 5.50. The molecule has 0 aromatic heterocycles. The van der Waals surface area contributed by atoms with Crippen molar-refractivity contribution >= 4 is 31.9 Å². The summed E-state index contributed by atoms with van der Waals surface area (Å²) < 4.78 is 41.6. The molecular formula is C19H18BrFN2O3S. The molecule has 1 aliphatic carbocycles. The van der Waals surface area contributed by atoms with Crippen molar-refractivity contribution in [3.8, 4) is 0 Å². The Morgan fingerprint density at radius 3 is 2.48 bits per heavy atom. The molecule has 0 heterocycles. The number of nitrogens with one attached hydrogen (secondary N) is 2. The molecule has 2 N–H and O–H groups in total. The van der Waals surface area contributed by atoms with Gasteiger partial charge in [0.05, 0.1) is 5.54 Å². The van der Waals surface area contributed by atoms with Crippen molar-refractivity contribution in [1.82, 2.24) is 10.0 Å². The number of hydrogen-bond donors (Lipinski definition) is 2. The number of halogens is 2. The average molecular weight is 453 g/mol. The SMILES string of the molecule is C=CCNS(=O)(=O)c1cc(C(=O)NC2(c3ccc(Br)cc3)CC2)ccc1F. The number of carbonyl (C=O) groups is 1. The first-order valence-electron chi connectivity index (χ1n) is 8.26. The summed E-state index contributed by atoms with van der Waals surface area (Å²) >= 11 is 3.38. The molecule has 1 aliphatic rings. The minimum Gasteiger partial charge on any atom is -0.343 e. The molecule has 1 fully saturated rings. The molecule has 0 atom stereocenters. The Bertz CT molecular complexity index is 987. The second kappa shape index (κ2) is 7.53. The van der Waals surface area contributed by atoms with Crippen LogP contribution in [0.5, 0.6) is 0 Å². The quantitative estimate of drug-likeness (QED) is 0.631. The van der Waals surface area contributed by atoms with Crippen LogP contribution in [0.4, 0.5) is 4.39 Å². The van der Waals surface area contributed by atoms with Gasteiger partial charge in [-0.15, -0.1) is 6.58 Å². The molecule has 2 aromatic rings. The first kappa shape index (κ1) is 19.7. The summed E-state index contributed by atoms with van der Waals surface area (Å²) in [4.78, 5) is 12.1. The molecule has 8 heteroatoms. The van der Waals surface area contributed by atoms with E-state index in [4.69, 9.17) is 0 Å². The number of carbonyl (C=O) groups excluding carboxylic acids is 1. The number of hydrogen-bond acceptors (Lipinski definition) is 3. The van der Waals surface area contributed by atoms with Gasteiger partial charge in [-0.05, 0) is 48.7 Å². The fourth-order valence-electron chi connectivity index (χ4n) is 2.77. The van der Waals surface area contributed by atoms with Gasteiger partial charge < -0.3 is 5.32 Å². The highest BCUT2D eigenvalue weighted by Crippen LogP contribution is 2.45. The van der Waals surface area contributed by atoms with Gasteiger partial charge in [0.15, 0.2) is 0 Å². The van der Waals surface area contributed by atoms with Gasteiger partial charge in [0, 0.05) is 16.6 Å². The standard InChI is InChI=1S/C19H18BrFN2O3S/c1-2-11-22-27(25,26)17-12-13(3-8-16(17)21)18(24)23-19(9-10-19)14-4-6-15(20)7-5-14/h2-8,12,22H,1,9-11H2,(H,23,24). The molecular weight excluding hydrogens is 435 g/mol. The molecule has 142 valence electrons. The Morgan fingerprint density at radius 2 is 1.89 bits per heavy atom. The largest absolute Gasteiger partial charge is 0.343 e. The van der Waals surface area contributed by atoms with E-state index in [1.165, 1.54) is 12.1 Å². The third-order valence-corrected chi connectivity index (χ3v) is 6.37. The van der Waals surface area contributed by atoms with E-state index in [0.29, 0.717) is 0 Å². The van der Waals surface area contributed by atoms with Crippen molar-refractivity contribution in [3.05, 3.63) is 76.5 Å². The highest BCUT2D eigenvalue weighted by molar-refractivity contribution is 9.10. The molecule has 3 rings (SSSR count).